The van der Waals surface area contributed by atoms with Crippen molar-refractivity contribution in [2.75, 3.05) is 13.1 Å². The monoisotopic (exact) mass is 210 g/mol. The number of aromatic nitrogens is 3. The second kappa shape index (κ2) is 3.48. The van der Waals surface area contributed by atoms with E-state index >= 15 is 0 Å². The van der Waals surface area contributed by atoms with Crippen LogP contribution in [0.25, 0.3) is 0 Å². The van der Waals surface area contributed by atoms with Crippen LogP contribution in [0.4, 0.5) is 0 Å². The number of rotatable bonds is 1. The molecule has 0 radical (unpaired) electrons. The van der Waals surface area contributed by atoms with Crippen molar-refractivity contribution in [2.45, 2.75) is 38.6 Å². The predicted molar refractivity (Wildman–Crippen MR) is 58.1 cm³/mol. The molecule has 1 aromatic rings. The molecule has 0 amide bonds. The lowest BCUT2D eigenvalue weighted by molar-refractivity contribution is 0.341. The van der Waals surface area contributed by atoms with Crippen LogP contribution in [0.3, 0.4) is 0 Å². The lowest BCUT2D eigenvalue weighted by Gasteiger charge is -2.17. The summed E-state index contributed by atoms with van der Waals surface area (Å²) in [7, 11) is 0. The molecule has 0 spiro atoms. The van der Waals surface area contributed by atoms with Gasteiger partial charge in [-0.3, -0.25) is 4.98 Å². The van der Waals surface area contributed by atoms with Crippen molar-refractivity contribution < 1.29 is 0 Å². The molecule has 2 rings (SSSR count). The lowest BCUT2D eigenvalue weighted by atomic mass is 10.1. The van der Waals surface area contributed by atoms with Gasteiger partial charge >= 0.3 is 5.69 Å². The van der Waals surface area contributed by atoms with E-state index in [4.69, 9.17) is 0 Å². The van der Waals surface area contributed by atoms with Gasteiger partial charge in [0.1, 0.15) is 5.82 Å². The van der Waals surface area contributed by atoms with Crippen molar-refractivity contribution in [3.8, 4) is 0 Å². The summed E-state index contributed by atoms with van der Waals surface area (Å²) in [6.07, 6.45) is 1.05. The molecular formula is C10H18N4O. The van der Waals surface area contributed by atoms with Gasteiger partial charge in [-0.25, -0.2) is 9.48 Å². The molecule has 0 saturated carbocycles. The standard InChI is InChI=1S/C10H18N4O/c1-10(2,3)14-9(15)12-8(13-14)7-4-5-11-6-7/h7,11H,4-6H2,1-3H3,(H,12,13,15). The SMILES string of the molecule is CC(C)(C)n1nc(C2CCNC2)[nH]c1=O. The summed E-state index contributed by atoms with van der Waals surface area (Å²) in [6, 6.07) is 0. The van der Waals surface area contributed by atoms with Crippen LogP contribution in [0, 0.1) is 0 Å². The maximum absolute atomic E-state index is 11.7. The number of nitrogens with one attached hydrogen (secondary N) is 2. The smallest absolute Gasteiger partial charge is 0.316 e. The minimum Gasteiger partial charge on any atom is -0.316 e. The van der Waals surface area contributed by atoms with Crippen LogP contribution in [0.5, 0.6) is 0 Å². The van der Waals surface area contributed by atoms with E-state index in [-0.39, 0.29) is 11.2 Å². The molecule has 1 aliphatic rings. The minimum absolute atomic E-state index is 0.107. The summed E-state index contributed by atoms with van der Waals surface area (Å²) in [6.45, 7) is 7.86. The third kappa shape index (κ3) is 1.97. The highest BCUT2D eigenvalue weighted by molar-refractivity contribution is 4.99. The van der Waals surface area contributed by atoms with Gasteiger partial charge in [-0.15, -0.1) is 0 Å². The van der Waals surface area contributed by atoms with Crippen molar-refractivity contribution >= 4 is 0 Å². The Morgan fingerprint density at radius 2 is 2.20 bits per heavy atom. The van der Waals surface area contributed by atoms with Gasteiger partial charge in [0.2, 0.25) is 0 Å². The molecule has 0 aromatic carbocycles. The molecule has 1 fully saturated rings. The first-order valence-corrected chi connectivity index (χ1v) is 5.39. The van der Waals surface area contributed by atoms with E-state index in [1.54, 1.807) is 0 Å². The Hall–Kier alpha value is -1.10. The zero-order chi connectivity index (χ0) is 11.1. The molecule has 2 N–H and O–H groups in total. The molecule has 15 heavy (non-hydrogen) atoms. The Kier molecular flexibility index (Phi) is 2.42. The van der Waals surface area contributed by atoms with Crippen LogP contribution in [-0.4, -0.2) is 27.9 Å². The first kappa shape index (κ1) is 10.4. The lowest BCUT2D eigenvalue weighted by Crippen LogP contribution is -2.33. The third-order valence-corrected chi connectivity index (χ3v) is 2.72. The summed E-state index contributed by atoms with van der Waals surface area (Å²) in [5, 5.41) is 7.64. The fourth-order valence-electron chi connectivity index (χ4n) is 1.87. The topological polar surface area (TPSA) is 62.7 Å². The van der Waals surface area contributed by atoms with E-state index in [0.29, 0.717) is 5.92 Å². The van der Waals surface area contributed by atoms with Gasteiger partial charge in [0.15, 0.2) is 0 Å². The van der Waals surface area contributed by atoms with E-state index in [2.05, 4.69) is 15.4 Å². The Bertz CT molecular complexity index is 392. The van der Waals surface area contributed by atoms with Gasteiger partial charge in [0, 0.05) is 12.5 Å². The Balaban J connectivity index is 2.32. The van der Waals surface area contributed by atoms with E-state index in [0.717, 1.165) is 25.3 Å². The molecule has 0 aliphatic carbocycles. The third-order valence-electron chi connectivity index (χ3n) is 2.72. The second-order valence-electron chi connectivity index (χ2n) is 5.09. The first-order valence-electron chi connectivity index (χ1n) is 5.39. The van der Waals surface area contributed by atoms with Crippen molar-refractivity contribution in [3.05, 3.63) is 16.3 Å². The summed E-state index contributed by atoms with van der Waals surface area (Å²) >= 11 is 0. The Labute approximate surface area is 88.9 Å². The van der Waals surface area contributed by atoms with Crippen LogP contribution >= 0.6 is 0 Å². The van der Waals surface area contributed by atoms with Gasteiger partial charge in [0.25, 0.3) is 0 Å². The largest absolute Gasteiger partial charge is 0.343 e. The fourth-order valence-corrected chi connectivity index (χ4v) is 1.87. The number of hydrogen-bond donors (Lipinski definition) is 2. The molecular weight excluding hydrogens is 192 g/mol. The average Bonchev–Trinajstić information content (AvgIpc) is 2.68. The highest BCUT2D eigenvalue weighted by atomic mass is 16.2. The molecule has 0 bridgehead atoms. The molecule has 2 heterocycles. The van der Waals surface area contributed by atoms with Gasteiger partial charge in [0.05, 0.1) is 5.54 Å². The zero-order valence-corrected chi connectivity index (χ0v) is 9.50. The number of hydrogen-bond acceptors (Lipinski definition) is 3. The van der Waals surface area contributed by atoms with Crippen LogP contribution in [0.15, 0.2) is 4.79 Å². The van der Waals surface area contributed by atoms with Crippen molar-refractivity contribution in [1.29, 1.82) is 0 Å². The van der Waals surface area contributed by atoms with Crippen molar-refractivity contribution in [3.63, 3.8) is 0 Å². The highest BCUT2D eigenvalue weighted by Crippen LogP contribution is 2.18. The van der Waals surface area contributed by atoms with Gasteiger partial charge in [-0.2, -0.15) is 5.10 Å². The maximum Gasteiger partial charge on any atom is 0.343 e. The quantitative estimate of drug-likeness (QED) is 0.705. The van der Waals surface area contributed by atoms with Crippen molar-refractivity contribution in [1.82, 2.24) is 20.1 Å². The van der Waals surface area contributed by atoms with Crippen LogP contribution in [-0.2, 0) is 5.54 Å². The summed E-state index contributed by atoms with van der Waals surface area (Å²) in [5.74, 6) is 1.18. The van der Waals surface area contributed by atoms with Crippen LogP contribution < -0.4 is 11.0 Å². The molecule has 84 valence electrons. The molecule has 1 unspecified atom stereocenters. The Morgan fingerprint density at radius 3 is 2.67 bits per heavy atom. The van der Waals surface area contributed by atoms with E-state index in [9.17, 15) is 4.79 Å². The minimum atomic E-state index is -0.252. The fraction of sp³-hybridized carbons (Fsp3) is 0.800. The molecule has 5 heteroatoms. The van der Waals surface area contributed by atoms with Crippen LogP contribution in [0.2, 0.25) is 0 Å². The van der Waals surface area contributed by atoms with Crippen LogP contribution in [0.1, 0.15) is 38.9 Å². The summed E-state index contributed by atoms with van der Waals surface area (Å²) in [5.41, 5.74) is -0.359. The van der Waals surface area contributed by atoms with Crippen molar-refractivity contribution in [2.24, 2.45) is 0 Å². The molecule has 1 aromatic heterocycles. The number of H-pyrrole nitrogens is 1. The van der Waals surface area contributed by atoms with E-state index < -0.39 is 0 Å². The normalized spacial score (nSPS) is 22.2. The molecule has 5 nitrogen and oxygen atoms in total. The van der Waals surface area contributed by atoms with Gasteiger partial charge in [-0.05, 0) is 33.7 Å². The maximum atomic E-state index is 11.7. The average molecular weight is 210 g/mol. The van der Waals surface area contributed by atoms with Gasteiger partial charge in [-0.1, -0.05) is 0 Å². The zero-order valence-electron chi connectivity index (χ0n) is 9.50. The second-order valence-corrected chi connectivity index (χ2v) is 5.09. The first-order chi connectivity index (χ1) is 6.98. The van der Waals surface area contributed by atoms with Gasteiger partial charge < -0.3 is 5.32 Å². The highest BCUT2D eigenvalue weighted by Gasteiger charge is 2.24. The summed E-state index contributed by atoms with van der Waals surface area (Å²) in [4.78, 5) is 14.5. The molecule has 1 atom stereocenters. The van der Waals surface area contributed by atoms with E-state index in [1.807, 2.05) is 20.8 Å². The number of nitrogens with zero attached hydrogens (tertiary/aromatic N) is 2. The Morgan fingerprint density at radius 1 is 1.47 bits per heavy atom. The van der Waals surface area contributed by atoms with E-state index in [1.165, 1.54) is 4.68 Å². The summed E-state index contributed by atoms with van der Waals surface area (Å²) < 4.78 is 1.53. The number of aromatic amines is 1. The predicted octanol–water partition coefficient (Wildman–Crippen LogP) is 0.403. The molecule has 1 aliphatic heterocycles. The molecule has 1 saturated heterocycles.